The summed E-state index contributed by atoms with van der Waals surface area (Å²) in [5.74, 6) is 0.970. The van der Waals surface area contributed by atoms with Crippen LogP contribution in [-0.4, -0.2) is 47.0 Å². The first-order valence-corrected chi connectivity index (χ1v) is 9.26. The van der Waals surface area contributed by atoms with Gasteiger partial charge in [-0.15, -0.1) is 0 Å². The number of rotatable bonds is 3. The number of aromatic nitrogens is 2. The lowest BCUT2D eigenvalue weighted by Crippen LogP contribution is -2.49. The lowest BCUT2D eigenvalue weighted by molar-refractivity contribution is 0.0746. The van der Waals surface area contributed by atoms with Crippen LogP contribution in [0.25, 0.3) is 11.3 Å². The van der Waals surface area contributed by atoms with Crippen molar-refractivity contribution in [3.8, 4) is 11.3 Å². The van der Waals surface area contributed by atoms with E-state index in [1.807, 2.05) is 47.4 Å². The van der Waals surface area contributed by atoms with E-state index in [0.717, 1.165) is 30.2 Å². The largest absolute Gasteiger partial charge is 0.353 e. The molecule has 4 rings (SSSR count). The third kappa shape index (κ3) is 3.78. The van der Waals surface area contributed by atoms with Crippen LogP contribution in [0.1, 0.15) is 10.4 Å². The van der Waals surface area contributed by atoms with Crippen molar-refractivity contribution in [2.75, 3.05) is 31.1 Å². The number of hydrogen-bond donors (Lipinski definition) is 0. The van der Waals surface area contributed by atoms with Gasteiger partial charge in [-0.3, -0.25) is 9.78 Å². The van der Waals surface area contributed by atoms with Gasteiger partial charge in [0.1, 0.15) is 5.82 Å². The molecular weight excluding hydrogens is 360 g/mol. The van der Waals surface area contributed by atoms with Crippen LogP contribution in [-0.2, 0) is 0 Å². The maximum absolute atomic E-state index is 13.0. The minimum atomic E-state index is 0.0181. The lowest BCUT2D eigenvalue weighted by Gasteiger charge is -2.35. The number of anilines is 1. The van der Waals surface area contributed by atoms with Gasteiger partial charge in [0.15, 0.2) is 0 Å². The minimum Gasteiger partial charge on any atom is -0.353 e. The van der Waals surface area contributed by atoms with E-state index >= 15 is 0 Å². The molecule has 6 heteroatoms. The second-order valence-electron chi connectivity index (χ2n) is 6.38. The zero-order valence-corrected chi connectivity index (χ0v) is 15.5. The van der Waals surface area contributed by atoms with E-state index < -0.39 is 0 Å². The highest BCUT2D eigenvalue weighted by Crippen LogP contribution is 2.28. The Morgan fingerprint density at radius 2 is 1.63 bits per heavy atom. The molecule has 1 aliphatic rings. The van der Waals surface area contributed by atoms with Crippen LogP contribution < -0.4 is 4.90 Å². The summed E-state index contributed by atoms with van der Waals surface area (Å²) in [7, 11) is 0. The molecule has 3 heterocycles. The van der Waals surface area contributed by atoms with E-state index in [4.69, 9.17) is 11.6 Å². The van der Waals surface area contributed by atoms with Crippen LogP contribution in [0.15, 0.2) is 67.0 Å². The van der Waals surface area contributed by atoms with Crippen LogP contribution in [0.3, 0.4) is 0 Å². The quantitative estimate of drug-likeness (QED) is 0.696. The van der Waals surface area contributed by atoms with Crippen molar-refractivity contribution >= 4 is 23.3 Å². The van der Waals surface area contributed by atoms with Crippen LogP contribution in [0, 0.1) is 0 Å². The van der Waals surface area contributed by atoms with Gasteiger partial charge in [-0.1, -0.05) is 23.7 Å². The molecule has 1 amide bonds. The van der Waals surface area contributed by atoms with Gasteiger partial charge in [0, 0.05) is 49.7 Å². The van der Waals surface area contributed by atoms with Gasteiger partial charge in [0.2, 0.25) is 0 Å². The van der Waals surface area contributed by atoms with Crippen LogP contribution in [0.2, 0.25) is 5.02 Å². The average Bonchev–Trinajstić information content (AvgIpc) is 2.75. The minimum absolute atomic E-state index is 0.0181. The Labute approximate surface area is 163 Å². The zero-order valence-electron chi connectivity index (χ0n) is 14.8. The molecule has 1 saturated heterocycles. The van der Waals surface area contributed by atoms with Crippen LogP contribution in [0.4, 0.5) is 5.82 Å². The first kappa shape index (κ1) is 17.5. The molecule has 3 aromatic rings. The Morgan fingerprint density at radius 3 is 2.30 bits per heavy atom. The number of carbonyl (C=O) groups excluding carboxylic acids is 1. The SMILES string of the molecule is O=C(c1ccc(Cl)c(-c2ccccn2)c1)N1CCN(c2ccccn2)CC1. The summed E-state index contributed by atoms with van der Waals surface area (Å²) >= 11 is 6.33. The summed E-state index contributed by atoms with van der Waals surface area (Å²) in [4.78, 5) is 25.8. The zero-order chi connectivity index (χ0) is 18.6. The average molecular weight is 379 g/mol. The highest BCUT2D eigenvalue weighted by molar-refractivity contribution is 6.33. The van der Waals surface area contributed by atoms with Crippen molar-refractivity contribution < 1.29 is 4.79 Å². The van der Waals surface area contributed by atoms with Crippen LogP contribution >= 0.6 is 11.6 Å². The molecule has 1 fully saturated rings. The summed E-state index contributed by atoms with van der Waals surface area (Å²) in [6, 6.07) is 16.9. The Balaban J connectivity index is 1.49. The molecule has 0 N–H and O–H groups in total. The number of amides is 1. The summed E-state index contributed by atoms with van der Waals surface area (Å²) in [6.07, 6.45) is 3.51. The number of hydrogen-bond acceptors (Lipinski definition) is 4. The van der Waals surface area contributed by atoms with Gasteiger partial charge >= 0.3 is 0 Å². The molecule has 136 valence electrons. The molecule has 0 bridgehead atoms. The normalized spacial score (nSPS) is 14.3. The molecule has 0 saturated carbocycles. The van der Waals surface area contributed by atoms with E-state index in [2.05, 4.69) is 14.9 Å². The first-order chi connectivity index (χ1) is 13.2. The molecule has 0 atom stereocenters. The summed E-state index contributed by atoms with van der Waals surface area (Å²) in [5, 5.41) is 0.588. The van der Waals surface area contributed by atoms with E-state index in [1.165, 1.54) is 0 Å². The standard InChI is InChI=1S/C21H19ClN4O/c22-18-8-7-16(15-17(18)19-5-1-3-9-23-19)21(27)26-13-11-25(12-14-26)20-6-2-4-10-24-20/h1-10,15H,11-14H2. The first-order valence-electron chi connectivity index (χ1n) is 8.88. The van der Waals surface area contributed by atoms with Crippen molar-refractivity contribution in [3.05, 3.63) is 77.6 Å². The molecule has 1 aromatic carbocycles. The predicted molar refractivity (Wildman–Crippen MR) is 107 cm³/mol. The number of halogens is 1. The molecule has 2 aromatic heterocycles. The third-order valence-corrected chi connectivity index (χ3v) is 5.02. The van der Waals surface area contributed by atoms with Gasteiger partial charge in [-0.2, -0.15) is 0 Å². The number of benzene rings is 1. The van der Waals surface area contributed by atoms with Gasteiger partial charge < -0.3 is 9.80 Å². The van der Waals surface area contributed by atoms with Crippen molar-refractivity contribution in [1.29, 1.82) is 0 Å². The molecule has 1 aliphatic heterocycles. The maximum atomic E-state index is 13.0. The molecular formula is C21H19ClN4O. The van der Waals surface area contributed by atoms with Crippen LogP contribution in [0.5, 0.6) is 0 Å². The number of pyridine rings is 2. The smallest absolute Gasteiger partial charge is 0.253 e. The molecule has 0 radical (unpaired) electrons. The topological polar surface area (TPSA) is 49.3 Å². The van der Waals surface area contributed by atoms with Gasteiger partial charge in [0.05, 0.1) is 10.7 Å². The number of carbonyl (C=O) groups is 1. The number of piperazine rings is 1. The van der Waals surface area contributed by atoms with Crippen molar-refractivity contribution in [3.63, 3.8) is 0 Å². The lowest BCUT2D eigenvalue weighted by atomic mass is 10.1. The predicted octanol–water partition coefficient (Wildman–Crippen LogP) is 3.76. The summed E-state index contributed by atoms with van der Waals surface area (Å²) in [6.45, 7) is 2.86. The monoisotopic (exact) mass is 378 g/mol. The van der Waals surface area contributed by atoms with E-state index in [0.29, 0.717) is 23.7 Å². The van der Waals surface area contributed by atoms with E-state index in [-0.39, 0.29) is 5.91 Å². The molecule has 0 spiro atoms. The summed E-state index contributed by atoms with van der Waals surface area (Å²) < 4.78 is 0. The highest BCUT2D eigenvalue weighted by atomic mass is 35.5. The van der Waals surface area contributed by atoms with E-state index in [9.17, 15) is 4.79 Å². The maximum Gasteiger partial charge on any atom is 0.253 e. The van der Waals surface area contributed by atoms with E-state index in [1.54, 1.807) is 24.5 Å². The Bertz CT molecular complexity index is 925. The molecule has 0 unspecified atom stereocenters. The van der Waals surface area contributed by atoms with Gasteiger partial charge in [-0.25, -0.2) is 4.98 Å². The molecule has 27 heavy (non-hydrogen) atoms. The van der Waals surface area contributed by atoms with Gasteiger partial charge in [0.25, 0.3) is 5.91 Å². The Kier molecular flexibility index (Phi) is 5.03. The summed E-state index contributed by atoms with van der Waals surface area (Å²) in [5.41, 5.74) is 2.17. The highest BCUT2D eigenvalue weighted by Gasteiger charge is 2.23. The fourth-order valence-corrected chi connectivity index (χ4v) is 3.45. The third-order valence-electron chi connectivity index (χ3n) is 4.69. The molecule has 5 nitrogen and oxygen atoms in total. The fraction of sp³-hybridized carbons (Fsp3) is 0.190. The van der Waals surface area contributed by atoms with Crippen molar-refractivity contribution in [1.82, 2.24) is 14.9 Å². The number of nitrogens with zero attached hydrogens (tertiary/aromatic N) is 4. The second kappa shape index (κ2) is 7.76. The fourth-order valence-electron chi connectivity index (χ4n) is 3.24. The van der Waals surface area contributed by atoms with Crippen molar-refractivity contribution in [2.45, 2.75) is 0 Å². The molecule has 0 aliphatic carbocycles. The Morgan fingerprint density at radius 1 is 0.889 bits per heavy atom. The van der Waals surface area contributed by atoms with Crippen molar-refractivity contribution in [2.24, 2.45) is 0 Å². The van der Waals surface area contributed by atoms with Gasteiger partial charge in [-0.05, 0) is 42.5 Å². The second-order valence-corrected chi connectivity index (χ2v) is 6.78. The Hall–Kier alpha value is -2.92.